The Morgan fingerprint density at radius 1 is 1.39 bits per heavy atom. The molecule has 0 aromatic carbocycles. The first-order chi connectivity index (χ1) is 15.9. The number of thioether (sulfide) groups is 1. The molecule has 0 aromatic rings. The Kier molecular flexibility index (Phi) is 6.91. The summed E-state index contributed by atoms with van der Waals surface area (Å²) in [6, 6.07) is -0.0901. The van der Waals surface area contributed by atoms with E-state index in [0.717, 1.165) is 32.4 Å². The zero-order chi connectivity index (χ0) is 23.0. The average molecular weight is 493 g/mol. The summed E-state index contributed by atoms with van der Waals surface area (Å²) in [5.41, 5.74) is -0.0432. The second-order valence-corrected chi connectivity index (χ2v) is 11.8. The molecule has 2 N–H and O–H groups in total. The first-order valence-electron chi connectivity index (χ1n) is 11.9. The number of amidine groups is 1. The van der Waals surface area contributed by atoms with Gasteiger partial charge in [-0.1, -0.05) is 48.2 Å². The van der Waals surface area contributed by atoms with Gasteiger partial charge in [0.1, 0.15) is 10.9 Å². The summed E-state index contributed by atoms with van der Waals surface area (Å²) in [6.45, 7) is 5.37. The van der Waals surface area contributed by atoms with Crippen LogP contribution in [0.1, 0.15) is 26.2 Å². The number of aliphatic hydroxyl groups excluding tert-OH is 1. The normalized spacial score (nSPS) is 38.7. The highest BCUT2D eigenvalue weighted by Gasteiger charge is 2.57. The number of rotatable bonds is 4. The minimum absolute atomic E-state index is 0.0233. The van der Waals surface area contributed by atoms with E-state index in [0.29, 0.717) is 36.7 Å². The maximum atomic E-state index is 13.3. The fourth-order valence-corrected chi connectivity index (χ4v) is 6.94. The minimum Gasteiger partial charge on any atom is -0.379 e. The Bertz CT molecular complexity index is 878. The number of aliphatic hydroxyl groups is 1. The Morgan fingerprint density at radius 3 is 2.97 bits per heavy atom. The van der Waals surface area contributed by atoms with Gasteiger partial charge in [-0.15, -0.1) is 11.6 Å². The van der Waals surface area contributed by atoms with Crippen molar-refractivity contribution in [2.75, 3.05) is 32.8 Å². The van der Waals surface area contributed by atoms with Gasteiger partial charge < -0.3 is 14.7 Å². The van der Waals surface area contributed by atoms with E-state index in [1.54, 1.807) is 0 Å². The molecule has 5 rings (SSSR count). The van der Waals surface area contributed by atoms with E-state index in [1.165, 1.54) is 11.8 Å². The maximum absolute atomic E-state index is 13.3. The summed E-state index contributed by atoms with van der Waals surface area (Å²) in [6.07, 6.45) is 15.3. The summed E-state index contributed by atoms with van der Waals surface area (Å²) in [4.78, 5) is 21.7. The van der Waals surface area contributed by atoms with Crippen molar-refractivity contribution in [2.45, 2.75) is 49.3 Å². The van der Waals surface area contributed by atoms with E-state index in [2.05, 4.69) is 51.7 Å². The molecule has 2 fully saturated rings. The summed E-state index contributed by atoms with van der Waals surface area (Å²) in [5.74, 6) is 0.719. The van der Waals surface area contributed by atoms with Crippen LogP contribution in [0.25, 0.3) is 0 Å². The highest BCUT2D eigenvalue weighted by molar-refractivity contribution is 8.15. The molecular weight excluding hydrogens is 460 g/mol. The van der Waals surface area contributed by atoms with Crippen LogP contribution in [0.5, 0.6) is 0 Å². The number of ether oxygens (including phenoxy) is 1. The lowest BCUT2D eigenvalue weighted by molar-refractivity contribution is 0.0126. The number of likely N-dealkylation sites (tertiary alicyclic amines) is 2. The summed E-state index contributed by atoms with van der Waals surface area (Å²) < 4.78 is 6.22. The molecule has 180 valence electrons. The summed E-state index contributed by atoms with van der Waals surface area (Å²) >= 11 is 7.53. The van der Waals surface area contributed by atoms with Gasteiger partial charge in [0.25, 0.3) is 0 Å². The quantitative estimate of drug-likeness (QED) is 0.465. The predicted octanol–water partition coefficient (Wildman–Crippen LogP) is 3.17. The molecule has 2 aliphatic carbocycles. The minimum atomic E-state index is -0.479. The molecule has 0 radical (unpaired) electrons. The smallest absolute Gasteiger partial charge is 0.323 e. The molecule has 1 spiro atoms. The van der Waals surface area contributed by atoms with Crippen LogP contribution >= 0.6 is 23.4 Å². The van der Waals surface area contributed by atoms with Gasteiger partial charge in [0.2, 0.25) is 0 Å². The Labute approximate surface area is 204 Å². The van der Waals surface area contributed by atoms with Gasteiger partial charge in [0.05, 0.1) is 25.3 Å². The van der Waals surface area contributed by atoms with Gasteiger partial charge in [0.15, 0.2) is 5.17 Å². The molecule has 5 aliphatic rings. The van der Waals surface area contributed by atoms with Gasteiger partial charge in [-0.2, -0.15) is 0 Å². The van der Waals surface area contributed by atoms with E-state index >= 15 is 0 Å². The molecule has 9 heteroatoms. The molecule has 3 heterocycles. The number of amides is 2. The third-order valence-electron chi connectivity index (χ3n) is 7.68. The topological polar surface area (TPSA) is 77.4 Å². The number of fused-ring (bicyclic) bond motifs is 2. The number of nitrogens with zero attached hydrogens (tertiary/aromatic N) is 3. The van der Waals surface area contributed by atoms with Crippen LogP contribution in [0, 0.1) is 17.3 Å². The molecule has 0 bridgehead atoms. The molecule has 2 amide bonds. The molecule has 7 atom stereocenters. The number of carbonyl (C=O) groups is 1. The average Bonchev–Trinajstić information content (AvgIpc) is 3.51. The Morgan fingerprint density at radius 2 is 2.27 bits per heavy atom. The van der Waals surface area contributed by atoms with E-state index in [9.17, 15) is 9.90 Å². The van der Waals surface area contributed by atoms with Crippen molar-refractivity contribution in [3.05, 3.63) is 36.5 Å². The highest BCUT2D eigenvalue weighted by atomic mass is 35.5. The highest BCUT2D eigenvalue weighted by Crippen LogP contribution is 2.51. The van der Waals surface area contributed by atoms with E-state index in [4.69, 9.17) is 16.3 Å². The van der Waals surface area contributed by atoms with Crippen LogP contribution in [-0.4, -0.2) is 82.0 Å². The monoisotopic (exact) mass is 492 g/mol. The third kappa shape index (κ3) is 4.91. The van der Waals surface area contributed by atoms with Gasteiger partial charge in [-0.25, -0.2) is 4.79 Å². The first kappa shape index (κ1) is 23.4. The van der Waals surface area contributed by atoms with Gasteiger partial charge >= 0.3 is 6.03 Å². The molecule has 0 aromatic heterocycles. The van der Waals surface area contributed by atoms with Crippen molar-refractivity contribution < 1.29 is 14.6 Å². The number of nitrogens with one attached hydrogen (secondary N) is 1. The van der Waals surface area contributed by atoms with Crippen molar-refractivity contribution in [3.63, 3.8) is 0 Å². The Hall–Kier alpha value is -1.32. The second kappa shape index (κ2) is 9.74. The van der Waals surface area contributed by atoms with Crippen LogP contribution in [-0.2, 0) is 4.74 Å². The number of aliphatic imine (C=N–C) groups is 1. The number of hydrogen-bond acceptors (Lipinski definition) is 6. The molecule has 3 aliphatic heterocycles. The van der Waals surface area contributed by atoms with E-state index < -0.39 is 6.23 Å². The number of urea groups is 1. The second-order valence-electron chi connectivity index (χ2n) is 9.84. The molecule has 2 saturated heterocycles. The van der Waals surface area contributed by atoms with Gasteiger partial charge in [-0.05, 0) is 32.1 Å². The van der Waals surface area contributed by atoms with Crippen LogP contribution in [0.15, 0.2) is 41.4 Å². The number of halogens is 1. The molecule has 7 nitrogen and oxygen atoms in total. The fraction of sp³-hybridized carbons (Fsp3) is 0.667. The van der Waals surface area contributed by atoms with Crippen LogP contribution < -0.4 is 5.32 Å². The third-order valence-corrected chi connectivity index (χ3v) is 8.95. The van der Waals surface area contributed by atoms with Crippen LogP contribution in [0.4, 0.5) is 4.79 Å². The van der Waals surface area contributed by atoms with Crippen molar-refractivity contribution in [2.24, 2.45) is 22.2 Å². The molecule has 33 heavy (non-hydrogen) atoms. The predicted molar refractivity (Wildman–Crippen MR) is 132 cm³/mol. The van der Waals surface area contributed by atoms with Crippen LogP contribution in [0.3, 0.4) is 0 Å². The van der Waals surface area contributed by atoms with Crippen molar-refractivity contribution >= 4 is 34.6 Å². The summed E-state index contributed by atoms with van der Waals surface area (Å²) in [7, 11) is 0. The van der Waals surface area contributed by atoms with Crippen molar-refractivity contribution in [3.8, 4) is 0 Å². The maximum Gasteiger partial charge on any atom is 0.323 e. The number of alkyl halides is 1. The molecule has 6 unspecified atom stereocenters. The lowest BCUT2D eigenvalue weighted by Gasteiger charge is -2.36. The number of carbonyl (C=O) groups excluding carboxylic acids is 1. The molecule has 0 saturated carbocycles. The zero-order valence-corrected chi connectivity index (χ0v) is 20.5. The zero-order valence-electron chi connectivity index (χ0n) is 19.0. The Balaban J connectivity index is 1.31. The van der Waals surface area contributed by atoms with Gasteiger partial charge in [0, 0.05) is 31.0 Å². The van der Waals surface area contributed by atoms with Crippen LogP contribution in [0.2, 0.25) is 0 Å². The number of hydrogen-bond donors (Lipinski definition) is 2. The lowest BCUT2D eigenvalue weighted by atomic mass is 9.70. The largest absolute Gasteiger partial charge is 0.379 e. The number of allylic oxidation sites excluding steroid dienone is 3. The van der Waals surface area contributed by atoms with E-state index in [1.807, 2.05) is 11.8 Å². The lowest BCUT2D eigenvalue weighted by Crippen LogP contribution is -2.46. The molecular formula is C24H33ClN4O3S. The van der Waals surface area contributed by atoms with Crippen molar-refractivity contribution in [1.82, 2.24) is 15.1 Å². The summed E-state index contributed by atoms with van der Waals surface area (Å²) in [5, 5.41) is 13.8. The van der Waals surface area contributed by atoms with Gasteiger partial charge in [-0.3, -0.25) is 15.2 Å². The standard InChI is InChI=1S/C24H33ClN4O3S/c1-16(30)28-10-9-24(14-28)15-29(23(31)27-22-26-12-21(25)33-22)20-8-7-18(11-19(20)24)32-13-17-5-3-2-4-6-17/h2-5,7-8,16-21,30H,6,9-15H2,1H3,(H,26,27,31)/t16?,17?,18-,19?,20?,21?,24?/m1/s1. The fourth-order valence-electron chi connectivity index (χ4n) is 5.93. The van der Waals surface area contributed by atoms with Crippen molar-refractivity contribution in [1.29, 1.82) is 0 Å². The SMILES string of the molecule is CC(O)N1CCC2(C1)CN(C(=O)NC1=NCC(Cl)S1)C1C=C[C@@H](OCC3C=CC=CC3)CC12. The first-order valence-corrected chi connectivity index (χ1v) is 13.2. The van der Waals surface area contributed by atoms with E-state index in [-0.39, 0.29) is 28.3 Å².